The average Bonchev–Trinajstić information content (AvgIpc) is 2.90. The van der Waals surface area contributed by atoms with Gasteiger partial charge in [-0.1, -0.05) is 27.0 Å². The molecular formula is C22H27NO. The molecule has 0 aliphatic heterocycles. The van der Waals surface area contributed by atoms with Gasteiger partial charge in [-0.2, -0.15) is 5.26 Å². The summed E-state index contributed by atoms with van der Waals surface area (Å²) in [6, 6.07) is 2.59. The highest BCUT2D eigenvalue weighted by Gasteiger charge is 2.60. The van der Waals surface area contributed by atoms with E-state index in [2.05, 4.69) is 33.1 Å². The lowest BCUT2D eigenvalue weighted by Crippen LogP contribution is -2.51. The number of allylic oxidation sites excluding steroid dienone is 3. The monoisotopic (exact) mass is 321 g/mol. The summed E-state index contributed by atoms with van der Waals surface area (Å²) in [4.78, 5) is 12.0. The Morgan fingerprint density at radius 3 is 2.62 bits per heavy atom. The topological polar surface area (TPSA) is 40.9 Å². The smallest absolute Gasteiger partial charge is 0.156 e. The van der Waals surface area contributed by atoms with Gasteiger partial charge in [-0.3, -0.25) is 4.79 Å². The molecular weight excluding hydrogens is 294 g/mol. The van der Waals surface area contributed by atoms with E-state index in [-0.39, 0.29) is 22.5 Å². The first-order valence-corrected chi connectivity index (χ1v) is 9.36. The zero-order chi connectivity index (χ0) is 17.3. The van der Waals surface area contributed by atoms with Crippen LogP contribution in [-0.2, 0) is 4.79 Å². The lowest BCUT2D eigenvalue weighted by atomic mass is 9.45. The molecule has 126 valence electrons. The number of ketones is 1. The third kappa shape index (κ3) is 1.79. The van der Waals surface area contributed by atoms with Crippen LogP contribution in [-0.4, -0.2) is 5.78 Å². The maximum Gasteiger partial charge on any atom is 0.156 e. The van der Waals surface area contributed by atoms with Crippen molar-refractivity contribution in [2.45, 2.75) is 52.4 Å². The fraction of sp³-hybridized carbons (Fsp3) is 0.636. The molecule has 0 amide bonds. The molecule has 0 saturated heterocycles. The van der Waals surface area contributed by atoms with Crippen molar-refractivity contribution in [2.24, 2.45) is 34.5 Å². The number of rotatable bonds is 0. The Morgan fingerprint density at radius 1 is 1.17 bits per heavy atom. The zero-order valence-corrected chi connectivity index (χ0v) is 14.9. The van der Waals surface area contributed by atoms with Crippen molar-refractivity contribution < 1.29 is 4.79 Å². The predicted molar refractivity (Wildman–Crippen MR) is 94.9 cm³/mol. The van der Waals surface area contributed by atoms with Gasteiger partial charge in [0.1, 0.15) is 0 Å². The van der Waals surface area contributed by atoms with Crippen LogP contribution >= 0.6 is 0 Å². The summed E-state index contributed by atoms with van der Waals surface area (Å²) in [6.07, 6.45) is 7.89. The number of nitriles is 1. The van der Waals surface area contributed by atoms with E-state index >= 15 is 0 Å². The van der Waals surface area contributed by atoms with Gasteiger partial charge in [-0.05, 0) is 83.5 Å². The van der Waals surface area contributed by atoms with Crippen LogP contribution in [0, 0.1) is 45.8 Å². The van der Waals surface area contributed by atoms with Crippen molar-refractivity contribution in [1.82, 2.24) is 0 Å². The molecule has 3 saturated carbocycles. The van der Waals surface area contributed by atoms with E-state index in [0.29, 0.717) is 24.2 Å². The van der Waals surface area contributed by atoms with Gasteiger partial charge in [0.05, 0.1) is 12.0 Å². The molecule has 4 aliphatic rings. The minimum absolute atomic E-state index is 0.0584. The molecule has 0 aromatic heterocycles. The number of carbonyl (C=O) groups excluding carboxylic acids is 1. The first-order chi connectivity index (χ1) is 11.3. The molecule has 0 spiro atoms. The first kappa shape index (κ1) is 15.9. The SMILES string of the molecule is C=C1C(=C)[C@@H]2[C@@H](CC[C@]3(C)C(C#N)CC[C@@H]23)[C@@]2(C)CCC(=O)C=C12. The van der Waals surface area contributed by atoms with Crippen LogP contribution in [0.5, 0.6) is 0 Å². The van der Waals surface area contributed by atoms with Crippen molar-refractivity contribution in [3.05, 3.63) is 36.0 Å². The molecule has 4 rings (SSSR count). The molecule has 0 aromatic carbocycles. The molecule has 2 nitrogen and oxygen atoms in total. The van der Waals surface area contributed by atoms with Crippen LogP contribution in [0.15, 0.2) is 36.0 Å². The summed E-state index contributed by atoms with van der Waals surface area (Å²) in [5.74, 6) is 1.94. The minimum atomic E-state index is 0.0584. The lowest BCUT2D eigenvalue weighted by molar-refractivity contribution is -0.116. The summed E-state index contributed by atoms with van der Waals surface area (Å²) in [6.45, 7) is 13.5. The number of nitrogens with zero attached hydrogens (tertiary/aromatic N) is 1. The largest absolute Gasteiger partial charge is 0.295 e. The number of hydrogen-bond donors (Lipinski definition) is 0. The van der Waals surface area contributed by atoms with Crippen molar-refractivity contribution in [1.29, 1.82) is 5.26 Å². The van der Waals surface area contributed by atoms with Gasteiger partial charge in [0, 0.05) is 6.42 Å². The van der Waals surface area contributed by atoms with Crippen LogP contribution in [0.1, 0.15) is 52.4 Å². The van der Waals surface area contributed by atoms with Crippen LogP contribution < -0.4 is 0 Å². The molecule has 0 N–H and O–H groups in total. The predicted octanol–water partition coefficient (Wildman–Crippen LogP) is 4.99. The molecule has 2 heteroatoms. The summed E-state index contributed by atoms with van der Waals surface area (Å²) in [5, 5.41) is 9.61. The van der Waals surface area contributed by atoms with Crippen LogP contribution in [0.4, 0.5) is 0 Å². The Balaban J connectivity index is 1.81. The molecule has 3 fully saturated rings. The third-order valence-corrected chi connectivity index (χ3v) is 8.17. The summed E-state index contributed by atoms with van der Waals surface area (Å²) < 4.78 is 0. The Hall–Kier alpha value is -1.62. The summed E-state index contributed by atoms with van der Waals surface area (Å²) in [7, 11) is 0. The molecule has 4 aliphatic carbocycles. The lowest BCUT2D eigenvalue weighted by Gasteiger charge is -2.58. The van der Waals surface area contributed by atoms with E-state index in [1.807, 2.05) is 6.08 Å². The quantitative estimate of drug-likeness (QED) is 0.630. The highest BCUT2D eigenvalue weighted by atomic mass is 16.1. The van der Waals surface area contributed by atoms with E-state index in [9.17, 15) is 10.1 Å². The van der Waals surface area contributed by atoms with E-state index in [1.165, 1.54) is 0 Å². The standard InChI is InChI=1S/C22H27NO/c1-13-14(2)20-17-6-5-15(12-23)21(17,3)10-8-18(20)22(4)9-7-16(24)11-19(13)22/h11,15,17-18,20H,1-2,5-10H2,3-4H3/t15?,17-,18+,20-,21+,22+/m0/s1. The molecule has 0 heterocycles. The summed E-state index contributed by atoms with van der Waals surface area (Å²) >= 11 is 0. The Bertz CT molecular complexity index is 723. The Labute approximate surface area is 145 Å². The maximum atomic E-state index is 12.0. The van der Waals surface area contributed by atoms with Gasteiger partial charge in [0.15, 0.2) is 5.78 Å². The van der Waals surface area contributed by atoms with Crippen molar-refractivity contribution >= 4 is 5.78 Å². The third-order valence-electron chi connectivity index (χ3n) is 8.17. The van der Waals surface area contributed by atoms with Gasteiger partial charge >= 0.3 is 0 Å². The summed E-state index contributed by atoms with van der Waals surface area (Å²) in [5.41, 5.74) is 3.50. The first-order valence-electron chi connectivity index (χ1n) is 9.36. The van der Waals surface area contributed by atoms with E-state index < -0.39 is 0 Å². The Kier molecular flexibility index (Phi) is 3.27. The Morgan fingerprint density at radius 2 is 1.92 bits per heavy atom. The molecule has 0 bridgehead atoms. The van der Waals surface area contributed by atoms with Gasteiger partial charge in [0.25, 0.3) is 0 Å². The van der Waals surface area contributed by atoms with Gasteiger partial charge in [-0.15, -0.1) is 0 Å². The molecule has 6 atom stereocenters. The maximum absolute atomic E-state index is 12.0. The zero-order valence-electron chi connectivity index (χ0n) is 14.9. The van der Waals surface area contributed by atoms with Crippen LogP contribution in [0.2, 0.25) is 0 Å². The van der Waals surface area contributed by atoms with Gasteiger partial charge in [0.2, 0.25) is 0 Å². The number of fused-ring (bicyclic) bond motifs is 5. The highest BCUT2D eigenvalue weighted by molar-refractivity contribution is 5.93. The number of hydrogen-bond acceptors (Lipinski definition) is 2. The highest BCUT2D eigenvalue weighted by Crippen LogP contribution is 2.68. The van der Waals surface area contributed by atoms with E-state index in [4.69, 9.17) is 0 Å². The molecule has 0 radical (unpaired) electrons. The van der Waals surface area contributed by atoms with Gasteiger partial charge in [-0.25, -0.2) is 0 Å². The fourth-order valence-corrected chi connectivity index (χ4v) is 6.66. The number of carbonyl (C=O) groups is 1. The molecule has 24 heavy (non-hydrogen) atoms. The van der Waals surface area contributed by atoms with E-state index in [1.54, 1.807) is 0 Å². The normalized spacial score (nSPS) is 47.4. The second-order valence-electron chi connectivity index (χ2n) is 8.99. The second kappa shape index (κ2) is 4.94. The van der Waals surface area contributed by atoms with Gasteiger partial charge < -0.3 is 0 Å². The van der Waals surface area contributed by atoms with Crippen molar-refractivity contribution in [2.75, 3.05) is 0 Å². The molecule has 0 aromatic rings. The van der Waals surface area contributed by atoms with E-state index in [0.717, 1.165) is 48.8 Å². The average molecular weight is 321 g/mol. The molecule has 1 unspecified atom stereocenters. The minimum Gasteiger partial charge on any atom is -0.295 e. The van der Waals surface area contributed by atoms with Crippen LogP contribution in [0.25, 0.3) is 0 Å². The van der Waals surface area contributed by atoms with Crippen molar-refractivity contribution in [3.8, 4) is 6.07 Å². The van der Waals surface area contributed by atoms with Crippen LogP contribution in [0.3, 0.4) is 0 Å². The fourth-order valence-electron chi connectivity index (χ4n) is 6.66. The van der Waals surface area contributed by atoms with Crippen molar-refractivity contribution in [3.63, 3.8) is 0 Å². The second-order valence-corrected chi connectivity index (χ2v) is 8.99.